The molecule has 0 aliphatic carbocycles. The molecule has 0 saturated carbocycles. The SMILES string of the molecule is Cc1ccc2oc(C(=O)N3C[C@@H](CO)[C@H](c4cnn(C)c4)C3)cc2c1. The van der Waals surface area contributed by atoms with E-state index in [0.29, 0.717) is 18.8 Å². The van der Waals surface area contributed by atoms with Crippen molar-refractivity contribution in [3.8, 4) is 0 Å². The summed E-state index contributed by atoms with van der Waals surface area (Å²) in [5, 5.41) is 14.9. The number of carbonyl (C=O) groups excluding carboxylic acids is 1. The normalized spacial score (nSPS) is 20.5. The van der Waals surface area contributed by atoms with Crippen LogP contribution < -0.4 is 0 Å². The van der Waals surface area contributed by atoms with E-state index in [0.717, 1.165) is 22.1 Å². The van der Waals surface area contributed by atoms with Crippen LogP contribution in [0.15, 0.2) is 41.1 Å². The Hall–Kier alpha value is -2.60. The predicted octanol–water partition coefficient (Wildman–Crippen LogP) is 2.32. The number of fused-ring (bicyclic) bond motifs is 1. The molecule has 0 radical (unpaired) electrons. The number of aromatic nitrogens is 2. The predicted molar refractivity (Wildman–Crippen MR) is 93.4 cm³/mol. The number of rotatable bonds is 3. The van der Waals surface area contributed by atoms with Gasteiger partial charge in [-0.25, -0.2) is 0 Å². The van der Waals surface area contributed by atoms with Crippen LogP contribution in [0.4, 0.5) is 0 Å². The molecule has 4 rings (SSSR count). The van der Waals surface area contributed by atoms with Crippen molar-refractivity contribution in [1.29, 1.82) is 0 Å². The van der Waals surface area contributed by atoms with Gasteiger partial charge < -0.3 is 14.4 Å². The molecule has 1 aliphatic heterocycles. The van der Waals surface area contributed by atoms with Crippen molar-refractivity contribution in [3.05, 3.63) is 53.5 Å². The molecule has 1 aliphatic rings. The van der Waals surface area contributed by atoms with Gasteiger partial charge in [0.1, 0.15) is 5.58 Å². The van der Waals surface area contributed by atoms with Gasteiger partial charge in [0.2, 0.25) is 0 Å². The number of likely N-dealkylation sites (tertiary alicyclic amines) is 1. The van der Waals surface area contributed by atoms with E-state index in [9.17, 15) is 9.90 Å². The summed E-state index contributed by atoms with van der Waals surface area (Å²) in [4.78, 5) is 14.6. The summed E-state index contributed by atoms with van der Waals surface area (Å²) in [7, 11) is 1.87. The van der Waals surface area contributed by atoms with Crippen LogP contribution >= 0.6 is 0 Å². The minimum atomic E-state index is -0.126. The summed E-state index contributed by atoms with van der Waals surface area (Å²) >= 11 is 0. The van der Waals surface area contributed by atoms with Gasteiger partial charge in [0, 0.05) is 50.2 Å². The number of hydrogen-bond acceptors (Lipinski definition) is 4. The Kier molecular flexibility index (Phi) is 3.84. The summed E-state index contributed by atoms with van der Waals surface area (Å²) in [5.74, 6) is 0.330. The molecule has 3 heterocycles. The second-order valence-electron chi connectivity index (χ2n) is 6.86. The molecule has 25 heavy (non-hydrogen) atoms. The lowest BCUT2D eigenvalue weighted by molar-refractivity contribution is 0.0752. The molecule has 3 aromatic rings. The monoisotopic (exact) mass is 339 g/mol. The number of furan rings is 1. The van der Waals surface area contributed by atoms with Crippen molar-refractivity contribution in [2.45, 2.75) is 12.8 Å². The van der Waals surface area contributed by atoms with Gasteiger partial charge in [-0.05, 0) is 30.7 Å². The van der Waals surface area contributed by atoms with E-state index in [-0.39, 0.29) is 24.3 Å². The van der Waals surface area contributed by atoms with Crippen LogP contribution in [0.2, 0.25) is 0 Å². The maximum absolute atomic E-state index is 12.9. The highest BCUT2D eigenvalue weighted by molar-refractivity contribution is 5.96. The van der Waals surface area contributed by atoms with Crippen molar-refractivity contribution < 1.29 is 14.3 Å². The fraction of sp³-hybridized carbons (Fsp3) is 0.368. The molecular formula is C19H21N3O3. The number of hydrogen-bond donors (Lipinski definition) is 1. The third-order valence-corrected chi connectivity index (χ3v) is 5.00. The molecular weight excluding hydrogens is 318 g/mol. The Morgan fingerprint density at radius 1 is 1.36 bits per heavy atom. The lowest BCUT2D eigenvalue weighted by Gasteiger charge is -2.14. The zero-order valence-electron chi connectivity index (χ0n) is 14.3. The van der Waals surface area contributed by atoms with E-state index in [1.165, 1.54) is 0 Å². The quantitative estimate of drug-likeness (QED) is 0.795. The maximum Gasteiger partial charge on any atom is 0.289 e. The first-order valence-corrected chi connectivity index (χ1v) is 8.44. The third kappa shape index (κ3) is 2.82. The van der Waals surface area contributed by atoms with E-state index < -0.39 is 0 Å². The fourth-order valence-corrected chi connectivity index (χ4v) is 3.66. The Bertz CT molecular complexity index is 927. The van der Waals surface area contributed by atoms with Gasteiger partial charge in [0.05, 0.1) is 6.20 Å². The number of aliphatic hydroxyl groups is 1. The standard InChI is InChI=1S/C19H21N3O3/c1-12-3-4-17-13(5-12)6-18(25-17)19(24)22-9-15(11-23)16(10-22)14-7-20-21(2)8-14/h3-8,15-16,23H,9-11H2,1-2H3/t15-,16-/m0/s1. The van der Waals surface area contributed by atoms with E-state index in [4.69, 9.17) is 4.42 Å². The smallest absolute Gasteiger partial charge is 0.289 e. The Morgan fingerprint density at radius 2 is 2.20 bits per heavy atom. The zero-order valence-corrected chi connectivity index (χ0v) is 14.3. The molecule has 130 valence electrons. The Labute approximate surface area is 145 Å². The van der Waals surface area contributed by atoms with Gasteiger partial charge in [0.25, 0.3) is 5.91 Å². The van der Waals surface area contributed by atoms with Gasteiger partial charge in [-0.2, -0.15) is 5.10 Å². The minimum absolute atomic E-state index is 0.0137. The summed E-state index contributed by atoms with van der Waals surface area (Å²) in [6.07, 6.45) is 3.76. The molecule has 1 aromatic carbocycles. The number of aliphatic hydroxyl groups excluding tert-OH is 1. The van der Waals surface area contributed by atoms with Gasteiger partial charge >= 0.3 is 0 Å². The first-order chi connectivity index (χ1) is 12.0. The van der Waals surface area contributed by atoms with E-state index in [2.05, 4.69) is 5.10 Å². The molecule has 1 saturated heterocycles. The lowest BCUT2D eigenvalue weighted by atomic mass is 9.92. The molecule has 0 spiro atoms. The van der Waals surface area contributed by atoms with Gasteiger partial charge in [-0.1, -0.05) is 11.6 Å². The second-order valence-corrected chi connectivity index (χ2v) is 6.86. The summed E-state index contributed by atoms with van der Waals surface area (Å²) < 4.78 is 7.49. The number of nitrogens with zero attached hydrogens (tertiary/aromatic N) is 3. The summed E-state index contributed by atoms with van der Waals surface area (Å²) in [6, 6.07) is 7.67. The van der Waals surface area contributed by atoms with Crippen molar-refractivity contribution >= 4 is 16.9 Å². The van der Waals surface area contributed by atoms with Gasteiger partial charge in [-0.15, -0.1) is 0 Å². The van der Waals surface area contributed by atoms with Crippen LogP contribution in [-0.2, 0) is 7.05 Å². The summed E-state index contributed by atoms with van der Waals surface area (Å²) in [5.41, 5.74) is 2.90. The van der Waals surface area contributed by atoms with Crippen molar-refractivity contribution in [2.75, 3.05) is 19.7 Å². The molecule has 6 heteroatoms. The van der Waals surface area contributed by atoms with E-state index in [1.54, 1.807) is 15.6 Å². The summed E-state index contributed by atoms with van der Waals surface area (Å²) in [6.45, 7) is 3.14. The largest absolute Gasteiger partial charge is 0.451 e. The average Bonchev–Trinajstić information content (AvgIpc) is 3.30. The fourth-order valence-electron chi connectivity index (χ4n) is 3.66. The van der Waals surface area contributed by atoms with Crippen LogP contribution in [0.3, 0.4) is 0 Å². The molecule has 1 amide bonds. The van der Waals surface area contributed by atoms with Crippen LogP contribution in [0.5, 0.6) is 0 Å². The van der Waals surface area contributed by atoms with Crippen LogP contribution in [-0.4, -0.2) is 45.4 Å². The highest BCUT2D eigenvalue weighted by atomic mass is 16.3. The van der Waals surface area contributed by atoms with Crippen molar-refractivity contribution in [2.24, 2.45) is 13.0 Å². The molecule has 1 fully saturated rings. The highest BCUT2D eigenvalue weighted by Gasteiger charge is 2.37. The third-order valence-electron chi connectivity index (χ3n) is 5.00. The van der Waals surface area contributed by atoms with Gasteiger partial charge in [-0.3, -0.25) is 9.48 Å². The molecule has 2 aromatic heterocycles. The number of aryl methyl sites for hydroxylation is 2. The second kappa shape index (κ2) is 6.04. The zero-order chi connectivity index (χ0) is 17.6. The maximum atomic E-state index is 12.9. The average molecular weight is 339 g/mol. The van der Waals surface area contributed by atoms with Crippen LogP contribution in [0.1, 0.15) is 27.6 Å². The van der Waals surface area contributed by atoms with E-state index >= 15 is 0 Å². The topological polar surface area (TPSA) is 71.5 Å². The number of carbonyl (C=O) groups is 1. The number of benzene rings is 1. The van der Waals surface area contributed by atoms with Crippen molar-refractivity contribution in [3.63, 3.8) is 0 Å². The Morgan fingerprint density at radius 3 is 2.92 bits per heavy atom. The van der Waals surface area contributed by atoms with Crippen LogP contribution in [0, 0.1) is 12.8 Å². The molecule has 2 atom stereocenters. The molecule has 6 nitrogen and oxygen atoms in total. The lowest BCUT2D eigenvalue weighted by Crippen LogP contribution is -2.28. The molecule has 1 N–H and O–H groups in total. The van der Waals surface area contributed by atoms with Gasteiger partial charge in [0.15, 0.2) is 5.76 Å². The molecule has 0 bridgehead atoms. The Balaban J connectivity index is 1.59. The minimum Gasteiger partial charge on any atom is -0.451 e. The highest BCUT2D eigenvalue weighted by Crippen LogP contribution is 2.33. The molecule has 0 unspecified atom stereocenters. The first-order valence-electron chi connectivity index (χ1n) is 8.44. The first kappa shape index (κ1) is 15.9. The van der Waals surface area contributed by atoms with Crippen LogP contribution in [0.25, 0.3) is 11.0 Å². The number of amides is 1. The van der Waals surface area contributed by atoms with Crippen molar-refractivity contribution in [1.82, 2.24) is 14.7 Å². The van der Waals surface area contributed by atoms with E-state index in [1.807, 2.05) is 44.6 Å².